The van der Waals surface area contributed by atoms with Gasteiger partial charge in [0.05, 0.1) is 12.6 Å². The Morgan fingerprint density at radius 2 is 2.28 bits per heavy atom. The smallest absolute Gasteiger partial charge is 0.319 e. The van der Waals surface area contributed by atoms with E-state index in [2.05, 4.69) is 10.6 Å². The Balaban J connectivity index is 2.42. The molecule has 1 unspecified atom stereocenters. The number of aliphatic hydroxyl groups excluding tert-OH is 1. The number of urea groups is 1. The second-order valence-corrected chi connectivity index (χ2v) is 4.15. The minimum Gasteiger partial charge on any atom is -0.394 e. The summed E-state index contributed by atoms with van der Waals surface area (Å²) >= 11 is 0. The van der Waals surface area contributed by atoms with Gasteiger partial charge < -0.3 is 15.7 Å². The molecule has 0 aromatic heterocycles. The highest BCUT2D eigenvalue weighted by molar-refractivity contribution is 5.76. The Bertz CT molecular complexity index is 412. The third-order valence-electron chi connectivity index (χ3n) is 2.58. The van der Waals surface area contributed by atoms with Crippen LogP contribution in [0.25, 0.3) is 6.08 Å². The van der Waals surface area contributed by atoms with Crippen molar-refractivity contribution < 1.29 is 9.90 Å². The third-order valence-corrected chi connectivity index (χ3v) is 2.58. The Hall–Kier alpha value is -1.81. The fraction of sp³-hybridized carbons (Fsp3) is 0.357. The van der Waals surface area contributed by atoms with Crippen LogP contribution in [0.2, 0.25) is 0 Å². The van der Waals surface area contributed by atoms with Crippen molar-refractivity contribution >= 4 is 12.1 Å². The SMILES string of the molecule is CCC(CO)NC(=O)N/C=C/c1cccc(C)c1. The molecule has 1 rings (SSSR count). The first-order chi connectivity index (χ1) is 8.65. The molecule has 0 aliphatic rings. The first-order valence-corrected chi connectivity index (χ1v) is 6.06. The van der Waals surface area contributed by atoms with Gasteiger partial charge in [0.15, 0.2) is 0 Å². The van der Waals surface area contributed by atoms with Crippen LogP contribution >= 0.6 is 0 Å². The van der Waals surface area contributed by atoms with E-state index in [9.17, 15) is 4.79 Å². The van der Waals surface area contributed by atoms with Gasteiger partial charge in [0.2, 0.25) is 0 Å². The van der Waals surface area contributed by atoms with Crippen LogP contribution in [0.4, 0.5) is 4.79 Å². The van der Waals surface area contributed by atoms with Gasteiger partial charge in [-0.25, -0.2) is 4.79 Å². The highest BCUT2D eigenvalue weighted by atomic mass is 16.3. The molecule has 1 aromatic carbocycles. The van der Waals surface area contributed by atoms with Gasteiger partial charge in [0.25, 0.3) is 0 Å². The lowest BCUT2D eigenvalue weighted by Gasteiger charge is -2.13. The molecule has 0 fully saturated rings. The van der Waals surface area contributed by atoms with E-state index in [0.717, 1.165) is 5.56 Å². The van der Waals surface area contributed by atoms with Crippen molar-refractivity contribution in [3.63, 3.8) is 0 Å². The number of hydrogen-bond acceptors (Lipinski definition) is 2. The van der Waals surface area contributed by atoms with Gasteiger partial charge in [-0.2, -0.15) is 0 Å². The minimum atomic E-state index is -0.306. The van der Waals surface area contributed by atoms with Crippen molar-refractivity contribution in [2.75, 3.05) is 6.61 Å². The Morgan fingerprint density at radius 1 is 1.50 bits per heavy atom. The van der Waals surface area contributed by atoms with Gasteiger partial charge >= 0.3 is 6.03 Å². The molecular weight excluding hydrogens is 228 g/mol. The molecule has 18 heavy (non-hydrogen) atoms. The summed E-state index contributed by atoms with van der Waals surface area (Å²) in [5.74, 6) is 0. The van der Waals surface area contributed by atoms with E-state index >= 15 is 0 Å². The van der Waals surface area contributed by atoms with Crippen LogP contribution in [0.3, 0.4) is 0 Å². The Labute approximate surface area is 108 Å². The standard InChI is InChI=1S/C14H20N2O2/c1-3-13(10-17)16-14(18)15-8-7-12-6-4-5-11(2)9-12/h4-9,13,17H,3,10H2,1-2H3,(H2,15,16,18)/b8-7+. The molecule has 0 bridgehead atoms. The Kier molecular flexibility index (Phi) is 5.94. The number of carbonyl (C=O) groups excluding carboxylic acids is 1. The number of nitrogens with one attached hydrogen (secondary N) is 2. The predicted octanol–water partition coefficient (Wildman–Crippen LogP) is 2.04. The van der Waals surface area contributed by atoms with Crippen molar-refractivity contribution in [1.82, 2.24) is 10.6 Å². The van der Waals surface area contributed by atoms with Crippen LogP contribution in [-0.2, 0) is 0 Å². The number of rotatable bonds is 5. The second-order valence-electron chi connectivity index (χ2n) is 4.15. The van der Waals surface area contributed by atoms with E-state index in [-0.39, 0.29) is 18.7 Å². The van der Waals surface area contributed by atoms with Crippen molar-refractivity contribution in [3.05, 3.63) is 41.6 Å². The lowest BCUT2D eigenvalue weighted by Crippen LogP contribution is -2.41. The summed E-state index contributed by atoms with van der Waals surface area (Å²) in [6.07, 6.45) is 4.12. The summed E-state index contributed by atoms with van der Waals surface area (Å²) < 4.78 is 0. The van der Waals surface area contributed by atoms with Crippen LogP contribution < -0.4 is 10.6 Å². The van der Waals surface area contributed by atoms with Crippen molar-refractivity contribution in [3.8, 4) is 0 Å². The number of benzene rings is 1. The first kappa shape index (κ1) is 14.3. The molecule has 0 heterocycles. The van der Waals surface area contributed by atoms with Crippen molar-refractivity contribution in [2.24, 2.45) is 0 Å². The van der Waals surface area contributed by atoms with Crippen LogP contribution in [0.1, 0.15) is 24.5 Å². The molecule has 3 N–H and O–H groups in total. The highest BCUT2D eigenvalue weighted by Crippen LogP contribution is 2.04. The molecular formula is C14H20N2O2. The molecule has 0 saturated heterocycles. The third kappa shape index (κ3) is 5.01. The second kappa shape index (κ2) is 7.50. The normalized spacial score (nSPS) is 12.4. The zero-order valence-corrected chi connectivity index (χ0v) is 10.8. The zero-order valence-electron chi connectivity index (χ0n) is 10.8. The van der Waals surface area contributed by atoms with E-state index in [4.69, 9.17) is 5.11 Å². The first-order valence-electron chi connectivity index (χ1n) is 6.06. The van der Waals surface area contributed by atoms with Crippen molar-refractivity contribution in [1.29, 1.82) is 0 Å². The number of hydrogen-bond donors (Lipinski definition) is 3. The van der Waals surface area contributed by atoms with Crippen molar-refractivity contribution in [2.45, 2.75) is 26.3 Å². The number of carbonyl (C=O) groups is 1. The monoisotopic (exact) mass is 248 g/mol. The molecule has 98 valence electrons. The molecule has 0 aliphatic heterocycles. The minimum absolute atomic E-state index is 0.0501. The summed E-state index contributed by atoms with van der Waals surface area (Å²) in [6, 6.07) is 7.47. The van der Waals surface area contributed by atoms with Gasteiger partial charge in [-0.1, -0.05) is 36.8 Å². The molecule has 4 heteroatoms. The molecule has 0 aliphatic carbocycles. The van der Waals surface area contributed by atoms with Crippen LogP contribution in [-0.4, -0.2) is 23.8 Å². The van der Waals surface area contributed by atoms with Crippen LogP contribution in [0.15, 0.2) is 30.5 Å². The summed E-state index contributed by atoms with van der Waals surface area (Å²) in [4.78, 5) is 11.4. The highest BCUT2D eigenvalue weighted by Gasteiger charge is 2.06. The maximum Gasteiger partial charge on any atom is 0.319 e. The molecule has 1 atom stereocenters. The topological polar surface area (TPSA) is 61.4 Å². The average Bonchev–Trinajstić information content (AvgIpc) is 2.36. The fourth-order valence-electron chi connectivity index (χ4n) is 1.49. The number of aryl methyl sites for hydroxylation is 1. The van der Waals surface area contributed by atoms with E-state index in [0.29, 0.717) is 6.42 Å². The fourth-order valence-corrected chi connectivity index (χ4v) is 1.49. The average molecular weight is 248 g/mol. The van der Waals surface area contributed by atoms with E-state index < -0.39 is 0 Å². The maximum atomic E-state index is 11.4. The van der Waals surface area contributed by atoms with Gasteiger partial charge in [-0.3, -0.25) is 0 Å². The Morgan fingerprint density at radius 3 is 2.89 bits per heavy atom. The largest absolute Gasteiger partial charge is 0.394 e. The van der Waals surface area contributed by atoms with Crippen LogP contribution in [0, 0.1) is 6.92 Å². The molecule has 1 aromatic rings. The summed E-state index contributed by atoms with van der Waals surface area (Å²) in [7, 11) is 0. The molecule has 0 radical (unpaired) electrons. The molecule has 2 amide bonds. The lowest BCUT2D eigenvalue weighted by molar-refractivity contribution is 0.217. The number of amides is 2. The molecule has 0 spiro atoms. The van der Waals surface area contributed by atoms with Gasteiger partial charge in [-0.05, 0) is 25.0 Å². The maximum absolute atomic E-state index is 11.4. The quantitative estimate of drug-likeness (QED) is 0.746. The van der Waals surface area contributed by atoms with E-state index in [1.807, 2.05) is 44.2 Å². The number of aliphatic hydroxyl groups is 1. The van der Waals surface area contributed by atoms with Gasteiger partial charge in [0, 0.05) is 6.20 Å². The lowest BCUT2D eigenvalue weighted by atomic mass is 10.1. The summed E-state index contributed by atoms with van der Waals surface area (Å²) in [5, 5.41) is 14.2. The van der Waals surface area contributed by atoms with Crippen LogP contribution in [0.5, 0.6) is 0 Å². The summed E-state index contributed by atoms with van der Waals surface area (Å²) in [5.41, 5.74) is 2.21. The zero-order chi connectivity index (χ0) is 13.4. The van der Waals surface area contributed by atoms with E-state index in [1.54, 1.807) is 6.20 Å². The molecule has 4 nitrogen and oxygen atoms in total. The molecule has 0 saturated carbocycles. The predicted molar refractivity (Wildman–Crippen MR) is 73.0 cm³/mol. The van der Waals surface area contributed by atoms with Gasteiger partial charge in [0.1, 0.15) is 0 Å². The van der Waals surface area contributed by atoms with Gasteiger partial charge in [-0.15, -0.1) is 0 Å². The summed E-state index contributed by atoms with van der Waals surface area (Å²) in [6.45, 7) is 3.87. The van der Waals surface area contributed by atoms with E-state index in [1.165, 1.54) is 5.56 Å².